The van der Waals surface area contributed by atoms with Gasteiger partial charge in [0.05, 0.1) is 13.2 Å². The standard InChI is InChI=1S/C23H38N2O4/c1-3-5-7-9-14-18-28-22(26)24-21(20-16-12-11-13-17-20)25-23(27)29-19-15-10-8-6-4-2/h11-13,16-17,21H,3-10,14-15,18-19H2,1-2H3,(H,24,26)(H,25,27). The number of alkyl carbamates (subject to hydrolysis) is 2. The van der Waals surface area contributed by atoms with E-state index in [1.54, 1.807) is 0 Å². The molecular weight excluding hydrogens is 368 g/mol. The number of hydrogen-bond donors (Lipinski definition) is 2. The van der Waals surface area contributed by atoms with Gasteiger partial charge in [0.25, 0.3) is 0 Å². The fraction of sp³-hybridized carbons (Fsp3) is 0.652. The van der Waals surface area contributed by atoms with Gasteiger partial charge < -0.3 is 9.47 Å². The van der Waals surface area contributed by atoms with Crippen LogP contribution in [0.3, 0.4) is 0 Å². The minimum Gasteiger partial charge on any atom is -0.450 e. The number of carbonyl (C=O) groups is 2. The van der Waals surface area contributed by atoms with E-state index in [-0.39, 0.29) is 0 Å². The average Bonchev–Trinajstić information content (AvgIpc) is 2.73. The number of nitrogens with one attached hydrogen (secondary N) is 2. The van der Waals surface area contributed by atoms with Gasteiger partial charge in [-0.05, 0) is 18.4 Å². The van der Waals surface area contributed by atoms with Crippen molar-refractivity contribution in [1.29, 1.82) is 0 Å². The second kappa shape index (κ2) is 16.7. The molecule has 0 heterocycles. The molecule has 0 aliphatic rings. The lowest BCUT2D eigenvalue weighted by atomic mass is 10.2. The summed E-state index contributed by atoms with van der Waals surface area (Å²) in [4.78, 5) is 24.3. The fourth-order valence-electron chi connectivity index (χ4n) is 2.91. The number of benzene rings is 1. The molecule has 1 aromatic carbocycles. The van der Waals surface area contributed by atoms with E-state index in [4.69, 9.17) is 9.47 Å². The van der Waals surface area contributed by atoms with E-state index in [1.807, 2.05) is 30.3 Å². The van der Waals surface area contributed by atoms with Gasteiger partial charge in [-0.2, -0.15) is 0 Å². The topological polar surface area (TPSA) is 76.7 Å². The van der Waals surface area contributed by atoms with Gasteiger partial charge in [-0.1, -0.05) is 95.5 Å². The van der Waals surface area contributed by atoms with Crippen molar-refractivity contribution >= 4 is 12.2 Å². The first-order chi connectivity index (χ1) is 14.2. The molecule has 0 atom stereocenters. The maximum absolute atomic E-state index is 12.1. The molecule has 0 aliphatic heterocycles. The van der Waals surface area contributed by atoms with Crippen molar-refractivity contribution in [2.45, 2.75) is 84.2 Å². The van der Waals surface area contributed by atoms with Crippen LogP contribution in [0.15, 0.2) is 30.3 Å². The van der Waals surface area contributed by atoms with Crippen molar-refractivity contribution < 1.29 is 19.1 Å². The number of amides is 2. The quantitative estimate of drug-likeness (QED) is 0.273. The molecule has 0 spiro atoms. The van der Waals surface area contributed by atoms with Crippen LogP contribution >= 0.6 is 0 Å². The molecule has 2 N–H and O–H groups in total. The molecule has 0 saturated heterocycles. The second-order valence-electron chi connectivity index (χ2n) is 7.23. The van der Waals surface area contributed by atoms with Gasteiger partial charge >= 0.3 is 12.2 Å². The maximum atomic E-state index is 12.1. The molecule has 2 amide bonds. The van der Waals surface area contributed by atoms with Gasteiger partial charge in [0.15, 0.2) is 0 Å². The highest BCUT2D eigenvalue weighted by molar-refractivity contribution is 5.71. The second-order valence-corrected chi connectivity index (χ2v) is 7.23. The van der Waals surface area contributed by atoms with Crippen molar-refractivity contribution in [2.75, 3.05) is 13.2 Å². The first-order valence-corrected chi connectivity index (χ1v) is 11.1. The van der Waals surface area contributed by atoms with Crippen LogP contribution in [0.2, 0.25) is 0 Å². The van der Waals surface area contributed by atoms with Crippen molar-refractivity contribution in [3.8, 4) is 0 Å². The van der Waals surface area contributed by atoms with E-state index in [0.29, 0.717) is 13.2 Å². The molecule has 0 aromatic heterocycles. The summed E-state index contributed by atoms with van der Waals surface area (Å²) in [5.74, 6) is 0. The third-order valence-electron chi connectivity index (χ3n) is 4.62. The molecule has 0 saturated carbocycles. The van der Waals surface area contributed by atoms with Crippen LogP contribution in [0.25, 0.3) is 0 Å². The summed E-state index contributed by atoms with van der Waals surface area (Å²) in [5.41, 5.74) is 0.757. The molecule has 164 valence electrons. The van der Waals surface area contributed by atoms with Gasteiger partial charge in [-0.25, -0.2) is 9.59 Å². The van der Waals surface area contributed by atoms with Gasteiger partial charge in [-0.3, -0.25) is 10.6 Å². The first kappa shape index (κ1) is 24.8. The molecule has 0 unspecified atom stereocenters. The lowest BCUT2D eigenvalue weighted by Gasteiger charge is -2.20. The zero-order valence-electron chi connectivity index (χ0n) is 18.1. The highest BCUT2D eigenvalue weighted by Crippen LogP contribution is 2.11. The van der Waals surface area contributed by atoms with Crippen molar-refractivity contribution in [3.63, 3.8) is 0 Å². The van der Waals surface area contributed by atoms with Gasteiger partial charge in [-0.15, -0.1) is 0 Å². The van der Waals surface area contributed by atoms with Crippen LogP contribution in [0.5, 0.6) is 0 Å². The first-order valence-electron chi connectivity index (χ1n) is 11.1. The molecule has 0 bridgehead atoms. The molecule has 0 aliphatic carbocycles. The Kier molecular flexibility index (Phi) is 14.3. The maximum Gasteiger partial charge on any atom is 0.409 e. The molecule has 0 radical (unpaired) electrons. The average molecular weight is 407 g/mol. The Morgan fingerprint density at radius 3 is 1.62 bits per heavy atom. The third-order valence-corrected chi connectivity index (χ3v) is 4.62. The van der Waals surface area contributed by atoms with Crippen LogP contribution in [0.4, 0.5) is 9.59 Å². The number of ether oxygens (including phenoxy) is 2. The molecule has 29 heavy (non-hydrogen) atoms. The van der Waals surface area contributed by atoms with Crippen LogP contribution < -0.4 is 10.6 Å². The lowest BCUT2D eigenvalue weighted by Crippen LogP contribution is -2.41. The zero-order chi connectivity index (χ0) is 21.2. The van der Waals surface area contributed by atoms with E-state index in [0.717, 1.165) is 44.1 Å². The summed E-state index contributed by atoms with van der Waals surface area (Å²) in [6, 6.07) is 9.25. The predicted molar refractivity (Wildman–Crippen MR) is 116 cm³/mol. The van der Waals surface area contributed by atoms with E-state index < -0.39 is 18.4 Å². The Morgan fingerprint density at radius 2 is 1.17 bits per heavy atom. The van der Waals surface area contributed by atoms with Crippen LogP contribution in [0, 0.1) is 0 Å². The minimum atomic E-state index is -0.698. The summed E-state index contributed by atoms with van der Waals surface area (Å²) < 4.78 is 10.5. The van der Waals surface area contributed by atoms with Gasteiger partial charge in [0, 0.05) is 0 Å². The Bertz CT molecular complexity index is 521. The normalized spacial score (nSPS) is 10.6. The molecular formula is C23H38N2O4. The SMILES string of the molecule is CCCCCCCOC(=O)NC(NC(=O)OCCCCCCC)c1ccccc1. The van der Waals surface area contributed by atoms with Crippen LogP contribution in [0.1, 0.15) is 89.8 Å². The van der Waals surface area contributed by atoms with Crippen LogP contribution in [-0.4, -0.2) is 25.4 Å². The number of carbonyl (C=O) groups excluding carboxylic acids is 2. The minimum absolute atomic E-state index is 0.374. The largest absolute Gasteiger partial charge is 0.450 e. The lowest BCUT2D eigenvalue weighted by molar-refractivity contribution is 0.127. The Hall–Kier alpha value is -2.24. The Labute approximate surface area is 175 Å². The van der Waals surface area contributed by atoms with Crippen molar-refractivity contribution in [3.05, 3.63) is 35.9 Å². The van der Waals surface area contributed by atoms with Crippen LogP contribution in [-0.2, 0) is 9.47 Å². The molecule has 6 nitrogen and oxygen atoms in total. The highest BCUT2D eigenvalue weighted by atomic mass is 16.6. The van der Waals surface area contributed by atoms with Crippen molar-refractivity contribution in [1.82, 2.24) is 10.6 Å². The van der Waals surface area contributed by atoms with E-state index in [9.17, 15) is 9.59 Å². The van der Waals surface area contributed by atoms with Gasteiger partial charge in [0.1, 0.15) is 6.17 Å². The Balaban J connectivity index is 2.40. The fourth-order valence-corrected chi connectivity index (χ4v) is 2.91. The summed E-state index contributed by atoms with van der Waals surface area (Å²) in [5, 5.41) is 5.42. The summed E-state index contributed by atoms with van der Waals surface area (Å²) >= 11 is 0. The summed E-state index contributed by atoms with van der Waals surface area (Å²) in [6.07, 6.45) is 9.06. The molecule has 1 rings (SSSR count). The Morgan fingerprint density at radius 1 is 0.724 bits per heavy atom. The third kappa shape index (κ3) is 12.8. The van der Waals surface area contributed by atoms with Gasteiger partial charge in [0.2, 0.25) is 0 Å². The summed E-state index contributed by atoms with van der Waals surface area (Å²) in [7, 11) is 0. The molecule has 1 aromatic rings. The van der Waals surface area contributed by atoms with E-state index in [1.165, 1.54) is 25.7 Å². The smallest absolute Gasteiger partial charge is 0.409 e. The van der Waals surface area contributed by atoms with E-state index in [2.05, 4.69) is 24.5 Å². The molecule has 6 heteroatoms. The monoisotopic (exact) mass is 406 g/mol. The number of unbranched alkanes of at least 4 members (excludes halogenated alkanes) is 8. The summed E-state index contributed by atoms with van der Waals surface area (Å²) in [6.45, 7) is 5.08. The number of hydrogen-bond acceptors (Lipinski definition) is 4. The molecule has 0 fully saturated rings. The predicted octanol–water partition coefficient (Wildman–Crippen LogP) is 6.08. The van der Waals surface area contributed by atoms with Crippen molar-refractivity contribution in [2.24, 2.45) is 0 Å². The highest BCUT2D eigenvalue weighted by Gasteiger charge is 2.18. The number of rotatable bonds is 15. The zero-order valence-corrected chi connectivity index (χ0v) is 18.1. The van der Waals surface area contributed by atoms with E-state index >= 15 is 0 Å².